The zero-order valence-electron chi connectivity index (χ0n) is 11.9. The van der Waals surface area contributed by atoms with Crippen LogP contribution in [0.2, 0.25) is 0 Å². The molecule has 0 aliphatic carbocycles. The van der Waals surface area contributed by atoms with Crippen LogP contribution in [0.3, 0.4) is 0 Å². The topological polar surface area (TPSA) is 55.4 Å². The zero-order chi connectivity index (χ0) is 14.4. The molecule has 104 valence electrons. The fourth-order valence-corrected chi connectivity index (χ4v) is 1.76. The van der Waals surface area contributed by atoms with Crippen LogP contribution >= 0.6 is 0 Å². The van der Waals surface area contributed by atoms with Gasteiger partial charge in [0, 0.05) is 17.7 Å². The normalized spacial score (nSPS) is 12.1. The molecular formula is C15H21NO3. The molecule has 0 aromatic heterocycles. The van der Waals surface area contributed by atoms with E-state index >= 15 is 0 Å². The Morgan fingerprint density at radius 2 is 1.79 bits per heavy atom. The van der Waals surface area contributed by atoms with E-state index in [1.165, 1.54) is 7.11 Å². The number of carbonyl (C=O) groups excluding carboxylic acids is 2. The average Bonchev–Trinajstić information content (AvgIpc) is 2.43. The van der Waals surface area contributed by atoms with Gasteiger partial charge >= 0.3 is 5.97 Å². The summed E-state index contributed by atoms with van der Waals surface area (Å²) < 4.78 is 4.77. The second kappa shape index (κ2) is 6.92. The van der Waals surface area contributed by atoms with Crippen LogP contribution in [-0.4, -0.2) is 24.9 Å². The van der Waals surface area contributed by atoms with Gasteiger partial charge in [-0.1, -0.05) is 20.8 Å². The number of anilines is 1. The van der Waals surface area contributed by atoms with Gasteiger partial charge in [-0.05, 0) is 30.2 Å². The number of hydrogen-bond donors (Lipinski definition) is 1. The number of rotatable bonds is 6. The summed E-state index contributed by atoms with van der Waals surface area (Å²) in [7, 11) is 1.38. The quantitative estimate of drug-likeness (QED) is 0.633. The summed E-state index contributed by atoms with van der Waals surface area (Å²) in [4.78, 5) is 23.2. The first-order chi connectivity index (χ1) is 8.99. The third-order valence-corrected chi connectivity index (χ3v) is 2.97. The van der Waals surface area contributed by atoms with Gasteiger partial charge in [0.25, 0.3) is 0 Å². The van der Waals surface area contributed by atoms with E-state index in [0.717, 1.165) is 5.69 Å². The molecule has 1 unspecified atom stereocenters. The maximum atomic E-state index is 11.6. The third-order valence-electron chi connectivity index (χ3n) is 2.97. The van der Waals surface area contributed by atoms with E-state index in [2.05, 4.69) is 5.32 Å². The molecule has 0 bridgehead atoms. The Hall–Kier alpha value is -1.84. The number of carbonyl (C=O) groups is 2. The summed E-state index contributed by atoms with van der Waals surface area (Å²) in [6, 6.07) is 6.76. The zero-order valence-corrected chi connectivity index (χ0v) is 11.9. The van der Waals surface area contributed by atoms with Crippen molar-refractivity contribution >= 4 is 17.4 Å². The van der Waals surface area contributed by atoms with Crippen LogP contribution in [0.15, 0.2) is 24.3 Å². The molecule has 0 saturated heterocycles. The van der Waals surface area contributed by atoms with E-state index < -0.39 is 6.04 Å². The molecule has 1 atom stereocenters. The van der Waals surface area contributed by atoms with E-state index in [1.807, 2.05) is 20.8 Å². The van der Waals surface area contributed by atoms with Crippen LogP contribution in [-0.2, 0) is 9.53 Å². The third kappa shape index (κ3) is 4.09. The summed E-state index contributed by atoms with van der Waals surface area (Å²) in [5.41, 5.74) is 1.49. The highest BCUT2D eigenvalue weighted by Crippen LogP contribution is 2.15. The molecule has 1 aromatic rings. The first-order valence-corrected chi connectivity index (χ1v) is 6.47. The molecule has 0 fully saturated rings. The lowest BCUT2D eigenvalue weighted by atomic mass is 10.0. The molecule has 0 heterocycles. The summed E-state index contributed by atoms with van der Waals surface area (Å²) in [6.07, 6.45) is 0.490. The first kappa shape index (κ1) is 15.2. The fraction of sp³-hybridized carbons (Fsp3) is 0.467. The molecular weight excluding hydrogens is 242 g/mol. The number of methoxy groups -OCH3 is 1. The lowest BCUT2D eigenvalue weighted by molar-refractivity contribution is -0.142. The minimum Gasteiger partial charge on any atom is -0.467 e. The van der Waals surface area contributed by atoms with Crippen molar-refractivity contribution in [3.63, 3.8) is 0 Å². The van der Waals surface area contributed by atoms with Gasteiger partial charge in [-0.15, -0.1) is 0 Å². The van der Waals surface area contributed by atoms with Crippen molar-refractivity contribution in [1.82, 2.24) is 0 Å². The Morgan fingerprint density at radius 1 is 1.21 bits per heavy atom. The number of benzene rings is 1. The van der Waals surface area contributed by atoms with Crippen LogP contribution in [0.5, 0.6) is 0 Å². The molecule has 0 radical (unpaired) electrons. The van der Waals surface area contributed by atoms with Gasteiger partial charge in [0.2, 0.25) is 0 Å². The van der Waals surface area contributed by atoms with Gasteiger partial charge in [-0.25, -0.2) is 4.79 Å². The van der Waals surface area contributed by atoms with Gasteiger partial charge < -0.3 is 10.1 Å². The Labute approximate surface area is 114 Å². The van der Waals surface area contributed by atoms with E-state index in [9.17, 15) is 9.59 Å². The second-order valence-electron chi connectivity index (χ2n) is 4.74. The SMILES string of the molecule is CCC(=O)c1ccc(NC(C(=O)OC)C(C)C)cc1. The highest BCUT2D eigenvalue weighted by molar-refractivity contribution is 5.96. The molecule has 0 saturated carbocycles. The lowest BCUT2D eigenvalue weighted by Crippen LogP contribution is -2.35. The van der Waals surface area contributed by atoms with Crippen LogP contribution in [0.4, 0.5) is 5.69 Å². The predicted molar refractivity (Wildman–Crippen MR) is 75.3 cm³/mol. The highest BCUT2D eigenvalue weighted by atomic mass is 16.5. The molecule has 4 nitrogen and oxygen atoms in total. The average molecular weight is 263 g/mol. The Bertz CT molecular complexity index is 437. The van der Waals surface area contributed by atoms with E-state index in [4.69, 9.17) is 4.74 Å². The number of esters is 1. The van der Waals surface area contributed by atoms with Gasteiger partial charge in [0.1, 0.15) is 6.04 Å². The van der Waals surface area contributed by atoms with Crippen LogP contribution in [0, 0.1) is 5.92 Å². The number of ether oxygens (including phenoxy) is 1. The maximum Gasteiger partial charge on any atom is 0.328 e. The molecule has 0 spiro atoms. The number of nitrogens with one attached hydrogen (secondary N) is 1. The van der Waals surface area contributed by atoms with Crippen LogP contribution in [0.25, 0.3) is 0 Å². The molecule has 0 amide bonds. The van der Waals surface area contributed by atoms with E-state index in [1.54, 1.807) is 24.3 Å². The van der Waals surface area contributed by atoms with Gasteiger partial charge in [0.05, 0.1) is 7.11 Å². The summed E-state index contributed by atoms with van der Waals surface area (Å²) >= 11 is 0. The van der Waals surface area contributed by atoms with E-state index in [-0.39, 0.29) is 17.7 Å². The molecule has 1 aromatic carbocycles. The van der Waals surface area contributed by atoms with Gasteiger partial charge in [-0.2, -0.15) is 0 Å². The number of ketones is 1. The molecule has 1 N–H and O–H groups in total. The molecule has 0 aliphatic rings. The minimum absolute atomic E-state index is 0.111. The molecule has 4 heteroatoms. The smallest absolute Gasteiger partial charge is 0.328 e. The van der Waals surface area contributed by atoms with Crippen molar-refractivity contribution < 1.29 is 14.3 Å². The summed E-state index contributed by atoms with van der Waals surface area (Å²) in [5.74, 6) is -0.0620. The van der Waals surface area contributed by atoms with Crippen molar-refractivity contribution in [2.75, 3.05) is 12.4 Å². The minimum atomic E-state index is -0.391. The van der Waals surface area contributed by atoms with E-state index in [0.29, 0.717) is 12.0 Å². The van der Waals surface area contributed by atoms with Crippen molar-refractivity contribution in [1.29, 1.82) is 0 Å². The lowest BCUT2D eigenvalue weighted by Gasteiger charge is -2.21. The number of hydrogen-bond acceptors (Lipinski definition) is 4. The fourth-order valence-electron chi connectivity index (χ4n) is 1.76. The molecule has 0 aliphatic heterocycles. The highest BCUT2D eigenvalue weighted by Gasteiger charge is 2.22. The van der Waals surface area contributed by atoms with Crippen LogP contribution < -0.4 is 5.32 Å². The van der Waals surface area contributed by atoms with Crippen molar-refractivity contribution in [2.24, 2.45) is 5.92 Å². The van der Waals surface area contributed by atoms with Crippen LogP contribution in [0.1, 0.15) is 37.6 Å². The van der Waals surface area contributed by atoms with Gasteiger partial charge in [0.15, 0.2) is 5.78 Å². The maximum absolute atomic E-state index is 11.6. The van der Waals surface area contributed by atoms with Crippen molar-refractivity contribution in [3.05, 3.63) is 29.8 Å². The largest absolute Gasteiger partial charge is 0.467 e. The molecule has 19 heavy (non-hydrogen) atoms. The second-order valence-corrected chi connectivity index (χ2v) is 4.74. The van der Waals surface area contributed by atoms with Crippen molar-refractivity contribution in [2.45, 2.75) is 33.2 Å². The molecule has 1 rings (SSSR count). The Morgan fingerprint density at radius 3 is 2.21 bits per heavy atom. The predicted octanol–water partition coefficient (Wildman–Crippen LogP) is 2.89. The standard InChI is InChI=1S/C15H21NO3/c1-5-13(17)11-6-8-12(9-7-11)16-14(10(2)3)15(18)19-4/h6-10,14,16H,5H2,1-4H3. The summed E-state index contributed by atoms with van der Waals surface area (Å²) in [5, 5.41) is 3.13. The van der Waals surface area contributed by atoms with Gasteiger partial charge in [-0.3, -0.25) is 4.79 Å². The van der Waals surface area contributed by atoms with Crippen molar-refractivity contribution in [3.8, 4) is 0 Å². The Balaban J connectivity index is 2.81. The number of Topliss-reactive ketones (excluding diaryl/α,β-unsaturated/α-hetero) is 1. The Kier molecular flexibility index (Phi) is 5.55. The summed E-state index contributed by atoms with van der Waals surface area (Å²) in [6.45, 7) is 5.73. The first-order valence-electron chi connectivity index (χ1n) is 6.47. The monoisotopic (exact) mass is 263 g/mol.